The van der Waals surface area contributed by atoms with Gasteiger partial charge in [-0.05, 0) is 6.92 Å². The molecule has 0 aromatic rings. The van der Waals surface area contributed by atoms with E-state index in [4.69, 9.17) is 4.74 Å². The van der Waals surface area contributed by atoms with Gasteiger partial charge in [0.25, 0.3) is 0 Å². The van der Waals surface area contributed by atoms with E-state index >= 15 is 0 Å². The normalized spacial score (nSPS) is 22.4. The van der Waals surface area contributed by atoms with Gasteiger partial charge in [-0.2, -0.15) is 4.31 Å². The molecule has 0 aromatic carbocycles. The molecule has 7 nitrogen and oxygen atoms in total. The summed E-state index contributed by atoms with van der Waals surface area (Å²) in [5, 5.41) is 0. The smallest absolute Gasteiger partial charge is 0.223 e. The van der Waals surface area contributed by atoms with Gasteiger partial charge in [0.05, 0.1) is 19.0 Å². The Labute approximate surface area is 126 Å². The third kappa shape index (κ3) is 4.64. The third-order valence-electron chi connectivity index (χ3n) is 4.10. The summed E-state index contributed by atoms with van der Waals surface area (Å²) in [6, 6.07) is 0. The Morgan fingerprint density at radius 2 is 1.67 bits per heavy atom. The van der Waals surface area contributed by atoms with Gasteiger partial charge in [0.15, 0.2) is 0 Å². The van der Waals surface area contributed by atoms with Gasteiger partial charge < -0.3 is 9.64 Å². The van der Waals surface area contributed by atoms with Crippen LogP contribution in [0, 0.1) is 0 Å². The van der Waals surface area contributed by atoms with Crippen LogP contribution in [-0.2, 0) is 19.6 Å². The van der Waals surface area contributed by atoms with Crippen molar-refractivity contribution in [1.82, 2.24) is 14.1 Å². The van der Waals surface area contributed by atoms with E-state index in [0.29, 0.717) is 32.6 Å². The average Bonchev–Trinajstić information content (AvgIpc) is 2.53. The summed E-state index contributed by atoms with van der Waals surface area (Å²) in [5.41, 5.74) is 0. The van der Waals surface area contributed by atoms with Gasteiger partial charge >= 0.3 is 0 Å². The van der Waals surface area contributed by atoms with Crippen molar-refractivity contribution in [3.63, 3.8) is 0 Å². The molecule has 0 bridgehead atoms. The van der Waals surface area contributed by atoms with E-state index in [1.54, 1.807) is 11.8 Å². The Hall–Kier alpha value is -0.700. The lowest BCUT2D eigenvalue weighted by Crippen LogP contribution is -2.51. The molecular formula is C13H25N3O4S. The number of hydrogen-bond acceptors (Lipinski definition) is 5. The molecule has 0 N–H and O–H groups in total. The first-order valence-electron chi connectivity index (χ1n) is 7.58. The average molecular weight is 319 g/mol. The van der Waals surface area contributed by atoms with E-state index in [-0.39, 0.29) is 11.7 Å². The molecule has 0 unspecified atom stereocenters. The zero-order valence-electron chi connectivity index (χ0n) is 12.7. The van der Waals surface area contributed by atoms with E-state index in [1.165, 1.54) is 4.31 Å². The molecule has 21 heavy (non-hydrogen) atoms. The Bertz CT molecular complexity index is 440. The van der Waals surface area contributed by atoms with Crippen molar-refractivity contribution in [2.45, 2.75) is 13.3 Å². The first-order chi connectivity index (χ1) is 10.0. The second-order valence-corrected chi connectivity index (χ2v) is 7.64. The Morgan fingerprint density at radius 1 is 1.05 bits per heavy atom. The van der Waals surface area contributed by atoms with Gasteiger partial charge in [-0.1, -0.05) is 0 Å². The quantitative estimate of drug-likeness (QED) is 0.664. The summed E-state index contributed by atoms with van der Waals surface area (Å²) in [7, 11) is -3.13. The summed E-state index contributed by atoms with van der Waals surface area (Å²) in [5.74, 6) is 0.243. The fourth-order valence-electron chi connectivity index (χ4n) is 2.63. The zero-order chi connectivity index (χ0) is 15.3. The Balaban J connectivity index is 1.72. The van der Waals surface area contributed by atoms with E-state index in [1.807, 2.05) is 0 Å². The number of sulfonamides is 1. The molecule has 2 rings (SSSR count). The first kappa shape index (κ1) is 16.7. The van der Waals surface area contributed by atoms with Gasteiger partial charge in [0.1, 0.15) is 0 Å². The van der Waals surface area contributed by atoms with E-state index in [0.717, 1.165) is 32.8 Å². The van der Waals surface area contributed by atoms with Crippen LogP contribution in [0.2, 0.25) is 0 Å². The number of hydrogen-bond donors (Lipinski definition) is 0. The highest BCUT2D eigenvalue weighted by Crippen LogP contribution is 2.09. The van der Waals surface area contributed by atoms with Crippen molar-refractivity contribution >= 4 is 15.9 Å². The van der Waals surface area contributed by atoms with Crippen LogP contribution in [0.5, 0.6) is 0 Å². The van der Waals surface area contributed by atoms with Crippen molar-refractivity contribution in [2.24, 2.45) is 0 Å². The van der Waals surface area contributed by atoms with E-state index in [9.17, 15) is 13.2 Å². The minimum Gasteiger partial charge on any atom is -0.379 e. The van der Waals surface area contributed by atoms with Crippen molar-refractivity contribution < 1.29 is 17.9 Å². The lowest BCUT2D eigenvalue weighted by atomic mass is 10.3. The highest BCUT2D eigenvalue weighted by Gasteiger charge is 2.27. The van der Waals surface area contributed by atoms with Crippen LogP contribution in [0.25, 0.3) is 0 Å². The van der Waals surface area contributed by atoms with Gasteiger partial charge in [-0.15, -0.1) is 0 Å². The van der Waals surface area contributed by atoms with Crippen molar-refractivity contribution in [2.75, 3.05) is 64.8 Å². The van der Waals surface area contributed by atoms with Crippen LogP contribution in [0.15, 0.2) is 0 Å². The lowest BCUT2D eigenvalue weighted by Gasteiger charge is -2.34. The Morgan fingerprint density at radius 3 is 2.24 bits per heavy atom. The van der Waals surface area contributed by atoms with Crippen LogP contribution in [0.1, 0.15) is 13.3 Å². The number of carbonyl (C=O) groups is 1. The highest BCUT2D eigenvalue weighted by molar-refractivity contribution is 7.89. The summed E-state index contributed by atoms with van der Waals surface area (Å²) in [4.78, 5) is 16.2. The predicted molar refractivity (Wildman–Crippen MR) is 79.5 cm³/mol. The maximum Gasteiger partial charge on any atom is 0.223 e. The number of rotatable bonds is 5. The van der Waals surface area contributed by atoms with Gasteiger partial charge in [-0.3, -0.25) is 9.69 Å². The molecule has 2 fully saturated rings. The van der Waals surface area contributed by atoms with E-state index < -0.39 is 10.0 Å². The summed E-state index contributed by atoms with van der Waals surface area (Å²) < 4.78 is 30.3. The largest absolute Gasteiger partial charge is 0.379 e. The topological polar surface area (TPSA) is 70.2 Å². The number of piperazine rings is 1. The lowest BCUT2D eigenvalue weighted by molar-refractivity contribution is -0.133. The fraction of sp³-hybridized carbons (Fsp3) is 0.923. The highest BCUT2D eigenvalue weighted by atomic mass is 32.2. The molecule has 2 heterocycles. The molecule has 0 saturated carbocycles. The van der Waals surface area contributed by atoms with Crippen molar-refractivity contribution in [3.05, 3.63) is 0 Å². The second kappa shape index (κ2) is 7.53. The van der Waals surface area contributed by atoms with Crippen LogP contribution < -0.4 is 0 Å². The van der Waals surface area contributed by atoms with Gasteiger partial charge in [0, 0.05) is 52.2 Å². The molecule has 2 aliphatic heterocycles. The van der Waals surface area contributed by atoms with Crippen LogP contribution >= 0.6 is 0 Å². The maximum atomic E-state index is 12.2. The molecule has 122 valence electrons. The first-order valence-corrected chi connectivity index (χ1v) is 9.19. The maximum absolute atomic E-state index is 12.2. The van der Waals surface area contributed by atoms with Gasteiger partial charge in [0.2, 0.25) is 15.9 Å². The summed E-state index contributed by atoms with van der Waals surface area (Å²) in [6.07, 6.45) is 0.501. The van der Waals surface area contributed by atoms with Crippen molar-refractivity contribution in [3.8, 4) is 0 Å². The molecular weight excluding hydrogens is 294 g/mol. The minimum absolute atomic E-state index is 0.120. The van der Waals surface area contributed by atoms with Gasteiger partial charge in [-0.25, -0.2) is 8.42 Å². The molecule has 0 radical (unpaired) electrons. The predicted octanol–water partition coefficient (Wildman–Crippen LogP) is -0.797. The Kier molecular flexibility index (Phi) is 5.98. The molecule has 0 spiro atoms. The number of nitrogens with zero attached hydrogens (tertiary/aromatic N) is 3. The van der Waals surface area contributed by atoms with Crippen LogP contribution in [0.4, 0.5) is 0 Å². The molecule has 8 heteroatoms. The monoisotopic (exact) mass is 319 g/mol. The molecule has 2 aliphatic rings. The molecule has 0 atom stereocenters. The molecule has 0 aliphatic carbocycles. The van der Waals surface area contributed by atoms with E-state index in [2.05, 4.69) is 4.90 Å². The minimum atomic E-state index is -3.13. The second-order valence-electron chi connectivity index (χ2n) is 5.38. The van der Waals surface area contributed by atoms with Crippen LogP contribution in [-0.4, -0.2) is 93.2 Å². The summed E-state index contributed by atoms with van der Waals surface area (Å²) in [6.45, 7) is 7.49. The zero-order valence-corrected chi connectivity index (χ0v) is 13.5. The number of ether oxygens (including phenoxy) is 1. The molecule has 1 amide bonds. The number of amides is 1. The third-order valence-corrected chi connectivity index (χ3v) is 5.98. The standard InChI is InChI=1S/C13H25N3O4S/c1-2-21(18,19)16-7-5-15(6-8-16)13(17)3-4-14-9-11-20-12-10-14/h2-12H2,1H3. The van der Waals surface area contributed by atoms with Crippen LogP contribution in [0.3, 0.4) is 0 Å². The molecule has 0 aromatic heterocycles. The number of morpholine rings is 1. The van der Waals surface area contributed by atoms with Crippen molar-refractivity contribution in [1.29, 1.82) is 0 Å². The SMILES string of the molecule is CCS(=O)(=O)N1CCN(C(=O)CCN2CCOCC2)CC1. The molecule has 2 saturated heterocycles. The summed E-state index contributed by atoms with van der Waals surface area (Å²) >= 11 is 0. The fourth-order valence-corrected chi connectivity index (χ4v) is 3.72. The number of carbonyl (C=O) groups excluding carboxylic acids is 1.